The van der Waals surface area contributed by atoms with Crippen LogP contribution < -0.4 is 15.4 Å². The first-order valence-corrected chi connectivity index (χ1v) is 9.72. The zero-order valence-corrected chi connectivity index (χ0v) is 16.2. The van der Waals surface area contributed by atoms with Crippen LogP contribution in [0.2, 0.25) is 0 Å². The van der Waals surface area contributed by atoms with Gasteiger partial charge in [-0.3, -0.25) is 4.79 Å². The van der Waals surface area contributed by atoms with Crippen molar-refractivity contribution in [2.45, 2.75) is 25.8 Å². The number of likely N-dealkylation sites (tertiary alicyclic amines) is 1. The number of ether oxygens (including phenoxy) is 1. The van der Waals surface area contributed by atoms with Crippen LogP contribution in [0.1, 0.15) is 30.4 Å². The van der Waals surface area contributed by atoms with Gasteiger partial charge in [0.2, 0.25) is 0 Å². The largest absolute Gasteiger partial charge is 0.484 e. The van der Waals surface area contributed by atoms with E-state index in [2.05, 4.69) is 22.8 Å². The molecular weight excluding hydrogens is 354 g/mol. The summed E-state index contributed by atoms with van der Waals surface area (Å²) in [5, 5.41) is 5.67. The Kier molecular flexibility index (Phi) is 6.89. The minimum absolute atomic E-state index is 0.0156. The summed E-state index contributed by atoms with van der Waals surface area (Å²) in [6.07, 6.45) is 0.987. The molecule has 148 valence electrons. The molecule has 0 spiro atoms. The molecular formula is C22H27N3O3. The topological polar surface area (TPSA) is 70.7 Å². The number of benzene rings is 2. The molecule has 6 nitrogen and oxygen atoms in total. The summed E-state index contributed by atoms with van der Waals surface area (Å²) in [7, 11) is 0. The molecule has 1 saturated heterocycles. The third-order valence-corrected chi connectivity index (χ3v) is 4.83. The van der Waals surface area contributed by atoms with E-state index in [-0.39, 0.29) is 18.5 Å². The molecule has 2 N–H and O–H groups in total. The molecule has 1 aliphatic heterocycles. The van der Waals surface area contributed by atoms with Crippen LogP contribution in [0.25, 0.3) is 0 Å². The smallest absolute Gasteiger partial charge is 0.317 e. The first-order valence-electron chi connectivity index (χ1n) is 9.72. The van der Waals surface area contributed by atoms with Gasteiger partial charge in [0, 0.05) is 32.1 Å². The van der Waals surface area contributed by atoms with E-state index in [0.29, 0.717) is 24.8 Å². The number of hydrogen-bond acceptors (Lipinski definition) is 3. The molecule has 1 fully saturated rings. The molecule has 1 atom stereocenters. The number of carbonyl (C=O) groups excluding carboxylic acids is 2. The Bertz CT molecular complexity index is 795. The lowest BCUT2D eigenvalue weighted by Gasteiger charge is -2.18. The third-order valence-electron chi connectivity index (χ3n) is 4.83. The van der Waals surface area contributed by atoms with Gasteiger partial charge in [-0.05, 0) is 36.6 Å². The predicted octanol–water partition coefficient (Wildman–Crippen LogP) is 2.90. The number of hydrogen-bond donors (Lipinski definition) is 2. The van der Waals surface area contributed by atoms with Crippen molar-refractivity contribution < 1.29 is 14.3 Å². The molecule has 0 aromatic heterocycles. The summed E-state index contributed by atoms with van der Waals surface area (Å²) in [4.78, 5) is 25.9. The Labute approximate surface area is 165 Å². The maximum atomic E-state index is 12.5. The lowest BCUT2D eigenvalue weighted by Crippen LogP contribution is -2.37. The van der Waals surface area contributed by atoms with Crippen LogP contribution in [-0.2, 0) is 11.3 Å². The van der Waals surface area contributed by atoms with Crippen molar-refractivity contribution in [1.82, 2.24) is 15.5 Å². The third kappa shape index (κ3) is 5.49. The molecule has 0 bridgehead atoms. The normalized spacial score (nSPS) is 15.9. The van der Waals surface area contributed by atoms with Crippen LogP contribution in [0, 0.1) is 0 Å². The molecule has 2 aromatic carbocycles. The highest BCUT2D eigenvalue weighted by Gasteiger charge is 2.26. The molecule has 3 amide bonds. The van der Waals surface area contributed by atoms with Gasteiger partial charge in [0.25, 0.3) is 5.91 Å². The maximum Gasteiger partial charge on any atom is 0.317 e. The van der Waals surface area contributed by atoms with Gasteiger partial charge in [0.1, 0.15) is 5.75 Å². The Morgan fingerprint density at radius 2 is 1.93 bits per heavy atom. The first-order chi connectivity index (χ1) is 13.7. The summed E-state index contributed by atoms with van der Waals surface area (Å²) in [5.41, 5.74) is 2.22. The summed E-state index contributed by atoms with van der Waals surface area (Å²) in [6, 6.07) is 17.7. The van der Waals surface area contributed by atoms with E-state index in [4.69, 9.17) is 4.74 Å². The van der Waals surface area contributed by atoms with Crippen LogP contribution in [0.3, 0.4) is 0 Å². The van der Waals surface area contributed by atoms with E-state index in [1.54, 1.807) is 6.07 Å². The molecule has 1 heterocycles. The zero-order chi connectivity index (χ0) is 19.8. The van der Waals surface area contributed by atoms with Crippen molar-refractivity contribution in [3.63, 3.8) is 0 Å². The van der Waals surface area contributed by atoms with Crippen LogP contribution in [0.15, 0.2) is 54.6 Å². The van der Waals surface area contributed by atoms with Crippen molar-refractivity contribution >= 4 is 11.9 Å². The minimum atomic E-state index is -0.150. The highest BCUT2D eigenvalue weighted by atomic mass is 16.5. The number of likely N-dealkylation sites (N-methyl/N-ethyl adjacent to an activating group) is 1. The SMILES string of the molecule is CCNC(=O)COc1cccc(CNC(=O)N2CCC(c3ccccc3)C2)c1. The molecule has 2 aromatic rings. The summed E-state index contributed by atoms with van der Waals surface area (Å²) in [6.45, 7) is 4.36. The summed E-state index contributed by atoms with van der Waals surface area (Å²) >= 11 is 0. The fraction of sp³-hybridized carbons (Fsp3) is 0.364. The van der Waals surface area contributed by atoms with Crippen LogP contribution in [-0.4, -0.2) is 43.1 Å². The second-order valence-corrected chi connectivity index (χ2v) is 6.89. The summed E-state index contributed by atoms with van der Waals surface area (Å²) in [5.74, 6) is 0.865. The number of nitrogens with zero attached hydrogens (tertiary/aromatic N) is 1. The highest BCUT2D eigenvalue weighted by Crippen LogP contribution is 2.26. The minimum Gasteiger partial charge on any atom is -0.484 e. The molecule has 0 aliphatic carbocycles. The molecule has 1 aliphatic rings. The van der Waals surface area contributed by atoms with E-state index in [1.807, 2.05) is 48.2 Å². The van der Waals surface area contributed by atoms with Gasteiger partial charge < -0.3 is 20.3 Å². The van der Waals surface area contributed by atoms with Crippen molar-refractivity contribution in [3.05, 3.63) is 65.7 Å². The number of carbonyl (C=O) groups is 2. The molecule has 0 saturated carbocycles. The fourth-order valence-electron chi connectivity index (χ4n) is 3.37. The van der Waals surface area contributed by atoms with Gasteiger partial charge in [-0.2, -0.15) is 0 Å². The van der Waals surface area contributed by atoms with Gasteiger partial charge >= 0.3 is 6.03 Å². The van der Waals surface area contributed by atoms with Crippen LogP contribution >= 0.6 is 0 Å². The van der Waals surface area contributed by atoms with Gasteiger partial charge in [0.15, 0.2) is 6.61 Å². The number of urea groups is 1. The highest BCUT2D eigenvalue weighted by molar-refractivity contribution is 5.77. The molecule has 1 unspecified atom stereocenters. The van der Waals surface area contributed by atoms with Gasteiger partial charge in [-0.1, -0.05) is 42.5 Å². The van der Waals surface area contributed by atoms with E-state index in [0.717, 1.165) is 25.1 Å². The molecule has 3 rings (SSSR count). The number of amides is 3. The van der Waals surface area contributed by atoms with Crippen molar-refractivity contribution in [1.29, 1.82) is 0 Å². The Hall–Kier alpha value is -3.02. The van der Waals surface area contributed by atoms with Gasteiger partial charge in [0.05, 0.1) is 0 Å². The van der Waals surface area contributed by atoms with Crippen molar-refractivity contribution in [2.75, 3.05) is 26.2 Å². The monoisotopic (exact) mass is 381 g/mol. The van der Waals surface area contributed by atoms with Gasteiger partial charge in [-0.15, -0.1) is 0 Å². The lowest BCUT2D eigenvalue weighted by atomic mass is 9.99. The van der Waals surface area contributed by atoms with Crippen LogP contribution in [0.5, 0.6) is 5.75 Å². The maximum absolute atomic E-state index is 12.5. The van der Waals surface area contributed by atoms with Crippen LogP contribution in [0.4, 0.5) is 4.79 Å². The quantitative estimate of drug-likeness (QED) is 0.775. The Balaban J connectivity index is 1.47. The standard InChI is InChI=1S/C22H27N3O3/c1-2-23-21(26)16-28-20-10-6-7-17(13-20)14-24-22(27)25-12-11-19(15-25)18-8-4-3-5-9-18/h3-10,13,19H,2,11-12,14-16H2,1H3,(H,23,26)(H,24,27). The summed E-state index contributed by atoms with van der Waals surface area (Å²) < 4.78 is 5.50. The van der Waals surface area contributed by atoms with Crippen molar-refractivity contribution in [3.8, 4) is 5.75 Å². The average Bonchev–Trinajstić information content (AvgIpc) is 3.22. The number of rotatable bonds is 7. The lowest BCUT2D eigenvalue weighted by molar-refractivity contribution is -0.122. The van der Waals surface area contributed by atoms with Gasteiger partial charge in [-0.25, -0.2) is 4.79 Å². The second-order valence-electron chi connectivity index (χ2n) is 6.89. The van der Waals surface area contributed by atoms with E-state index >= 15 is 0 Å². The fourth-order valence-corrected chi connectivity index (χ4v) is 3.37. The molecule has 28 heavy (non-hydrogen) atoms. The number of nitrogens with one attached hydrogen (secondary N) is 2. The van der Waals surface area contributed by atoms with E-state index in [9.17, 15) is 9.59 Å². The Morgan fingerprint density at radius 1 is 1.11 bits per heavy atom. The van der Waals surface area contributed by atoms with Crippen molar-refractivity contribution in [2.24, 2.45) is 0 Å². The Morgan fingerprint density at radius 3 is 2.71 bits per heavy atom. The van der Waals surface area contributed by atoms with E-state index < -0.39 is 0 Å². The predicted molar refractivity (Wildman–Crippen MR) is 108 cm³/mol. The molecule has 0 radical (unpaired) electrons. The zero-order valence-electron chi connectivity index (χ0n) is 16.2. The average molecular weight is 381 g/mol. The second kappa shape index (κ2) is 9.78. The van der Waals surface area contributed by atoms with E-state index in [1.165, 1.54) is 5.56 Å². The first kappa shape index (κ1) is 19.7. The molecule has 6 heteroatoms.